The average Bonchev–Trinajstić information content (AvgIpc) is 2.82. The molecule has 0 spiro atoms. The number of aryl methyl sites for hydroxylation is 3. The molecule has 3 aromatic carbocycles. The molecule has 0 aliphatic rings. The SMILES string of the molecule is CCSNc1ccc(Oc2c(C)cc(F)cc2C)c(-n2cc(C)c(=O)c3ccc(C(N)=O)cc32)c1. The summed E-state index contributed by atoms with van der Waals surface area (Å²) in [7, 11) is 0. The Morgan fingerprint density at radius 2 is 1.77 bits per heavy atom. The van der Waals surface area contributed by atoms with Crippen molar-refractivity contribution in [2.75, 3.05) is 10.5 Å². The van der Waals surface area contributed by atoms with Crippen LogP contribution >= 0.6 is 11.9 Å². The normalized spacial score (nSPS) is 11.0. The third-order valence-corrected chi connectivity index (χ3v) is 6.33. The number of rotatable bonds is 7. The summed E-state index contributed by atoms with van der Waals surface area (Å²) in [4.78, 5) is 24.8. The number of nitrogens with zero attached hydrogens (tertiary/aromatic N) is 1. The number of aromatic nitrogens is 1. The van der Waals surface area contributed by atoms with Gasteiger partial charge in [0.25, 0.3) is 0 Å². The molecule has 0 atom stereocenters. The number of primary amides is 1. The number of carbonyl (C=O) groups excluding carboxylic acids is 1. The molecule has 0 aliphatic heterocycles. The summed E-state index contributed by atoms with van der Waals surface area (Å²) in [5.74, 6) is 1.00. The van der Waals surface area contributed by atoms with Gasteiger partial charge in [-0.3, -0.25) is 9.59 Å². The largest absolute Gasteiger partial charge is 0.455 e. The van der Waals surface area contributed by atoms with Gasteiger partial charge in [-0.15, -0.1) is 0 Å². The molecule has 35 heavy (non-hydrogen) atoms. The lowest BCUT2D eigenvalue weighted by Crippen LogP contribution is -2.15. The second kappa shape index (κ2) is 9.84. The van der Waals surface area contributed by atoms with Crippen LogP contribution in [0, 0.1) is 26.6 Å². The van der Waals surface area contributed by atoms with Crippen LogP contribution in [0.4, 0.5) is 10.1 Å². The van der Waals surface area contributed by atoms with Gasteiger partial charge in [0.15, 0.2) is 11.2 Å². The zero-order valence-corrected chi connectivity index (χ0v) is 20.8. The fraction of sp³-hybridized carbons (Fsp3) is 0.185. The highest BCUT2D eigenvalue weighted by Crippen LogP contribution is 2.36. The molecule has 0 bridgehead atoms. The van der Waals surface area contributed by atoms with Gasteiger partial charge in [0.05, 0.1) is 11.2 Å². The minimum atomic E-state index is -0.588. The van der Waals surface area contributed by atoms with Crippen molar-refractivity contribution in [1.29, 1.82) is 0 Å². The van der Waals surface area contributed by atoms with Crippen molar-refractivity contribution in [3.8, 4) is 17.2 Å². The molecule has 180 valence electrons. The minimum absolute atomic E-state index is 0.129. The molecular formula is C27H26FN3O3S. The van der Waals surface area contributed by atoms with Crippen molar-refractivity contribution in [2.45, 2.75) is 27.7 Å². The van der Waals surface area contributed by atoms with Gasteiger partial charge in [0, 0.05) is 34.2 Å². The number of carbonyl (C=O) groups is 1. The lowest BCUT2D eigenvalue weighted by atomic mass is 10.1. The van der Waals surface area contributed by atoms with E-state index in [2.05, 4.69) is 4.72 Å². The Hall–Kier alpha value is -3.78. The van der Waals surface area contributed by atoms with Crippen molar-refractivity contribution >= 4 is 34.4 Å². The van der Waals surface area contributed by atoms with Crippen LogP contribution in [0.25, 0.3) is 16.6 Å². The molecule has 0 radical (unpaired) electrons. The zero-order chi connectivity index (χ0) is 25.3. The standard InChI is InChI=1S/C27H26FN3O3S/c1-5-35-30-20-7-9-24(34-26-15(2)10-19(28)11-16(26)3)23(13-20)31-14-17(4)25(32)21-8-6-18(27(29)33)12-22(21)31/h6-14,30H,5H2,1-4H3,(H2,29,33). The third kappa shape index (κ3) is 4.88. The van der Waals surface area contributed by atoms with Crippen LogP contribution < -0.4 is 20.6 Å². The smallest absolute Gasteiger partial charge is 0.248 e. The zero-order valence-electron chi connectivity index (χ0n) is 19.9. The summed E-state index contributed by atoms with van der Waals surface area (Å²) in [6, 6.07) is 13.3. The molecule has 0 unspecified atom stereocenters. The van der Waals surface area contributed by atoms with E-state index in [9.17, 15) is 14.0 Å². The quantitative estimate of drug-likeness (QED) is 0.309. The predicted molar refractivity (Wildman–Crippen MR) is 141 cm³/mol. The maximum atomic E-state index is 13.9. The minimum Gasteiger partial charge on any atom is -0.455 e. The average molecular weight is 492 g/mol. The number of fused-ring (bicyclic) bond motifs is 1. The number of hydrogen-bond acceptors (Lipinski definition) is 5. The Morgan fingerprint density at radius 3 is 2.43 bits per heavy atom. The fourth-order valence-electron chi connectivity index (χ4n) is 3.99. The molecule has 0 saturated heterocycles. The molecule has 3 N–H and O–H groups in total. The number of hydrogen-bond donors (Lipinski definition) is 2. The molecule has 1 amide bonds. The first-order valence-corrected chi connectivity index (χ1v) is 12.1. The molecule has 0 fully saturated rings. The number of anilines is 1. The highest BCUT2D eigenvalue weighted by Gasteiger charge is 2.17. The molecule has 4 rings (SSSR count). The molecular weight excluding hydrogens is 465 g/mol. The maximum absolute atomic E-state index is 13.9. The van der Waals surface area contributed by atoms with E-state index in [1.165, 1.54) is 12.1 Å². The molecule has 6 nitrogen and oxygen atoms in total. The monoisotopic (exact) mass is 491 g/mol. The van der Waals surface area contributed by atoms with Crippen LogP contribution in [0.2, 0.25) is 0 Å². The Morgan fingerprint density at radius 1 is 1.06 bits per heavy atom. The summed E-state index contributed by atoms with van der Waals surface area (Å²) < 4.78 is 25.3. The Labute approximate surface area is 207 Å². The van der Waals surface area contributed by atoms with Gasteiger partial charge in [-0.1, -0.05) is 18.9 Å². The van der Waals surface area contributed by atoms with E-state index >= 15 is 0 Å². The van der Waals surface area contributed by atoms with E-state index in [0.717, 1.165) is 11.4 Å². The molecule has 1 heterocycles. The Balaban J connectivity index is 1.99. The number of pyridine rings is 1. The fourth-order valence-corrected chi connectivity index (χ4v) is 4.43. The van der Waals surface area contributed by atoms with Crippen molar-refractivity contribution in [3.05, 3.63) is 93.0 Å². The second-order valence-corrected chi connectivity index (χ2v) is 9.37. The van der Waals surface area contributed by atoms with Crippen LogP contribution in [-0.4, -0.2) is 16.2 Å². The van der Waals surface area contributed by atoms with Crippen molar-refractivity contribution in [1.82, 2.24) is 4.57 Å². The summed E-state index contributed by atoms with van der Waals surface area (Å²) in [5, 5.41) is 0.455. The van der Waals surface area contributed by atoms with Gasteiger partial charge >= 0.3 is 0 Å². The van der Waals surface area contributed by atoms with Crippen LogP contribution in [0.15, 0.2) is 59.5 Å². The lowest BCUT2D eigenvalue weighted by molar-refractivity contribution is 0.100. The number of ether oxygens (including phenoxy) is 1. The van der Waals surface area contributed by atoms with E-state index < -0.39 is 5.91 Å². The summed E-state index contributed by atoms with van der Waals surface area (Å²) in [5.41, 5.74) is 9.54. The van der Waals surface area contributed by atoms with Gasteiger partial charge in [-0.05, 0) is 80.4 Å². The van der Waals surface area contributed by atoms with Crippen LogP contribution in [0.1, 0.15) is 34.0 Å². The van der Waals surface area contributed by atoms with Gasteiger partial charge < -0.3 is 19.8 Å². The molecule has 8 heteroatoms. The van der Waals surface area contributed by atoms with Crippen LogP contribution in [-0.2, 0) is 0 Å². The number of nitrogens with two attached hydrogens (primary N) is 1. The topological polar surface area (TPSA) is 86.3 Å². The summed E-state index contributed by atoms with van der Waals surface area (Å²) in [6.07, 6.45) is 1.72. The van der Waals surface area contributed by atoms with Crippen LogP contribution in [0.5, 0.6) is 11.5 Å². The van der Waals surface area contributed by atoms with Crippen LogP contribution in [0.3, 0.4) is 0 Å². The maximum Gasteiger partial charge on any atom is 0.248 e. The number of nitrogens with one attached hydrogen (secondary N) is 1. The molecule has 4 aromatic rings. The second-order valence-electron chi connectivity index (χ2n) is 8.30. The summed E-state index contributed by atoms with van der Waals surface area (Å²) >= 11 is 1.54. The van der Waals surface area contributed by atoms with E-state index in [1.54, 1.807) is 57.1 Å². The van der Waals surface area contributed by atoms with Gasteiger partial charge in [0.1, 0.15) is 11.6 Å². The van der Waals surface area contributed by atoms with E-state index in [0.29, 0.717) is 44.8 Å². The lowest BCUT2D eigenvalue weighted by Gasteiger charge is -2.20. The van der Waals surface area contributed by atoms with Gasteiger partial charge in [0.2, 0.25) is 5.91 Å². The van der Waals surface area contributed by atoms with E-state index in [-0.39, 0.29) is 16.8 Å². The highest BCUT2D eigenvalue weighted by molar-refractivity contribution is 8.00. The summed E-state index contributed by atoms with van der Waals surface area (Å²) in [6.45, 7) is 7.36. The van der Waals surface area contributed by atoms with Crippen molar-refractivity contribution in [3.63, 3.8) is 0 Å². The third-order valence-electron chi connectivity index (χ3n) is 5.66. The molecule has 1 aromatic heterocycles. The first-order chi connectivity index (χ1) is 16.7. The van der Waals surface area contributed by atoms with Crippen molar-refractivity contribution in [2.24, 2.45) is 5.73 Å². The Bertz CT molecular complexity index is 1490. The Kier molecular flexibility index (Phi) is 6.84. The van der Waals surface area contributed by atoms with E-state index in [4.69, 9.17) is 10.5 Å². The first kappa shape index (κ1) is 24.3. The highest BCUT2D eigenvalue weighted by atomic mass is 32.2. The van der Waals surface area contributed by atoms with Gasteiger partial charge in [-0.2, -0.15) is 0 Å². The number of benzene rings is 3. The van der Waals surface area contributed by atoms with Crippen molar-refractivity contribution < 1.29 is 13.9 Å². The number of halogens is 1. The molecule has 0 saturated carbocycles. The first-order valence-electron chi connectivity index (χ1n) is 11.1. The number of amides is 1. The van der Waals surface area contributed by atoms with Gasteiger partial charge in [-0.25, -0.2) is 4.39 Å². The molecule has 0 aliphatic carbocycles. The predicted octanol–water partition coefficient (Wildman–Crippen LogP) is 6.03. The van der Waals surface area contributed by atoms with E-state index in [1.807, 2.05) is 29.7 Å².